The molecule has 1 aromatic rings. The first-order valence-electron chi connectivity index (χ1n) is 3.94. The Labute approximate surface area is 81.5 Å². The quantitative estimate of drug-likeness (QED) is 0.503. The Morgan fingerprint density at radius 3 is 2.21 bits per heavy atom. The van der Waals surface area contributed by atoms with Crippen LogP contribution >= 0.6 is 9.24 Å². The van der Waals surface area contributed by atoms with Gasteiger partial charge >= 0.3 is 6.18 Å². The van der Waals surface area contributed by atoms with Crippen LogP contribution in [0.15, 0.2) is 18.2 Å². The van der Waals surface area contributed by atoms with Crippen LogP contribution < -0.4 is 0 Å². The Kier molecular flexibility index (Phi) is 3.15. The number of hydrogen-bond acceptors (Lipinski definition) is 0. The van der Waals surface area contributed by atoms with E-state index >= 15 is 0 Å². The van der Waals surface area contributed by atoms with Crippen molar-refractivity contribution in [3.05, 3.63) is 35.1 Å². The van der Waals surface area contributed by atoms with E-state index in [4.69, 9.17) is 0 Å². The number of alkyl halides is 3. The van der Waals surface area contributed by atoms with Gasteiger partial charge in [-0.3, -0.25) is 0 Å². The Morgan fingerprint density at radius 1 is 1.29 bits per heavy atom. The first kappa shape index (κ1) is 11.4. The fraction of sp³-hybridized carbons (Fsp3) is 0.333. The molecule has 5 heteroatoms. The molecule has 0 fully saturated rings. The van der Waals surface area contributed by atoms with Gasteiger partial charge in [-0.25, -0.2) is 4.39 Å². The summed E-state index contributed by atoms with van der Waals surface area (Å²) in [6, 6.07) is 2.97. The van der Waals surface area contributed by atoms with Gasteiger partial charge in [0, 0.05) is 0 Å². The zero-order chi connectivity index (χ0) is 10.9. The van der Waals surface area contributed by atoms with E-state index in [9.17, 15) is 17.6 Å². The molecule has 0 N–H and O–H groups in total. The predicted octanol–water partition coefficient (Wildman–Crippen LogP) is 3.78. The summed E-state index contributed by atoms with van der Waals surface area (Å²) in [5.41, 5.74) is -0.751. The molecule has 1 aromatic carbocycles. The third kappa shape index (κ3) is 2.44. The van der Waals surface area contributed by atoms with Crippen molar-refractivity contribution in [1.82, 2.24) is 0 Å². The summed E-state index contributed by atoms with van der Waals surface area (Å²) in [6.45, 7) is 1.76. The van der Waals surface area contributed by atoms with Crippen LogP contribution in [0.5, 0.6) is 0 Å². The van der Waals surface area contributed by atoms with E-state index in [0.29, 0.717) is 5.56 Å². The molecule has 0 saturated carbocycles. The molecule has 0 radical (unpaired) electrons. The fourth-order valence-electron chi connectivity index (χ4n) is 1.04. The molecular weight excluding hydrogens is 215 g/mol. The first-order chi connectivity index (χ1) is 6.32. The van der Waals surface area contributed by atoms with Crippen molar-refractivity contribution < 1.29 is 17.6 Å². The van der Waals surface area contributed by atoms with E-state index in [1.165, 1.54) is 6.07 Å². The SMILES string of the molecule is CC(P)c1ccc(C(F)(F)F)c(F)c1. The second kappa shape index (κ2) is 3.85. The van der Waals surface area contributed by atoms with Crippen molar-refractivity contribution in [2.75, 3.05) is 0 Å². The third-order valence-electron chi connectivity index (χ3n) is 1.82. The average molecular weight is 224 g/mol. The second-order valence-corrected chi connectivity index (χ2v) is 4.03. The lowest BCUT2D eigenvalue weighted by molar-refractivity contribution is -0.140. The van der Waals surface area contributed by atoms with Crippen LogP contribution in [0.4, 0.5) is 17.6 Å². The molecule has 0 aliphatic carbocycles. The topological polar surface area (TPSA) is 0 Å². The maximum Gasteiger partial charge on any atom is 0.419 e. The summed E-state index contributed by atoms with van der Waals surface area (Å²) in [4.78, 5) is 0. The largest absolute Gasteiger partial charge is 0.419 e. The Hall–Kier alpha value is -0.630. The number of halogens is 4. The van der Waals surface area contributed by atoms with E-state index in [0.717, 1.165) is 12.1 Å². The van der Waals surface area contributed by atoms with E-state index in [1.807, 2.05) is 0 Å². The van der Waals surface area contributed by atoms with E-state index < -0.39 is 17.6 Å². The maximum atomic E-state index is 13.0. The summed E-state index contributed by atoms with van der Waals surface area (Å²) < 4.78 is 49.4. The number of rotatable bonds is 1. The highest BCUT2D eigenvalue weighted by molar-refractivity contribution is 7.17. The van der Waals surface area contributed by atoms with Crippen LogP contribution in [0, 0.1) is 5.82 Å². The summed E-state index contributed by atoms with van der Waals surface area (Å²) in [7, 11) is 2.39. The normalized spacial score (nSPS) is 14.1. The smallest absolute Gasteiger partial charge is 0.206 e. The van der Waals surface area contributed by atoms with E-state index in [-0.39, 0.29) is 5.66 Å². The molecule has 1 rings (SSSR count). The fourth-order valence-corrected chi connectivity index (χ4v) is 1.25. The lowest BCUT2D eigenvalue weighted by Crippen LogP contribution is -2.08. The molecule has 0 saturated heterocycles. The Bertz CT molecular complexity index is 330. The zero-order valence-corrected chi connectivity index (χ0v) is 8.55. The van der Waals surface area contributed by atoms with Crippen LogP contribution in [0.1, 0.15) is 23.7 Å². The van der Waals surface area contributed by atoms with Gasteiger partial charge in [0.25, 0.3) is 0 Å². The van der Waals surface area contributed by atoms with E-state index in [1.54, 1.807) is 6.92 Å². The molecule has 0 nitrogen and oxygen atoms in total. The van der Waals surface area contributed by atoms with Crippen molar-refractivity contribution in [2.45, 2.75) is 18.8 Å². The zero-order valence-electron chi connectivity index (χ0n) is 7.40. The predicted molar refractivity (Wildman–Crippen MR) is 49.5 cm³/mol. The van der Waals surface area contributed by atoms with Crippen molar-refractivity contribution in [2.24, 2.45) is 0 Å². The second-order valence-electron chi connectivity index (χ2n) is 3.03. The molecule has 0 heterocycles. The lowest BCUT2D eigenvalue weighted by atomic mass is 10.1. The average Bonchev–Trinajstić information content (AvgIpc) is 2.01. The maximum absolute atomic E-state index is 13.0. The minimum absolute atomic E-state index is 0.0632. The number of hydrogen-bond donors (Lipinski definition) is 0. The molecular formula is C9H9F4P. The van der Waals surface area contributed by atoms with Crippen LogP contribution in [0.3, 0.4) is 0 Å². The minimum Gasteiger partial charge on any atom is -0.206 e. The highest BCUT2D eigenvalue weighted by Crippen LogP contribution is 2.33. The van der Waals surface area contributed by atoms with Gasteiger partial charge in [0.1, 0.15) is 5.82 Å². The van der Waals surface area contributed by atoms with Gasteiger partial charge in [-0.15, -0.1) is 9.24 Å². The van der Waals surface area contributed by atoms with Crippen LogP contribution in [-0.4, -0.2) is 0 Å². The monoisotopic (exact) mass is 224 g/mol. The molecule has 78 valence electrons. The van der Waals surface area contributed by atoms with Crippen LogP contribution in [0.25, 0.3) is 0 Å². The summed E-state index contributed by atoms with van der Waals surface area (Å²) in [5.74, 6) is -1.22. The van der Waals surface area contributed by atoms with Gasteiger partial charge < -0.3 is 0 Å². The van der Waals surface area contributed by atoms with Crippen molar-refractivity contribution in [3.8, 4) is 0 Å². The molecule has 0 amide bonds. The Balaban J connectivity index is 3.15. The summed E-state index contributed by atoms with van der Waals surface area (Å²) in [6.07, 6.45) is -4.62. The summed E-state index contributed by atoms with van der Waals surface area (Å²) >= 11 is 0. The molecule has 2 unspecified atom stereocenters. The van der Waals surface area contributed by atoms with Crippen molar-refractivity contribution in [3.63, 3.8) is 0 Å². The van der Waals surface area contributed by atoms with Gasteiger partial charge in [0.05, 0.1) is 5.56 Å². The molecule has 2 atom stereocenters. The summed E-state index contributed by atoms with van der Waals surface area (Å²) in [5, 5.41) is 0. The number of benzene rings is 1. The highest BCUT2D eigenvalue weighted by Gasteiger charge is 2.33. The van der Waals surface area contributed by atoms with Gasteiger partial charge in [-0.05, 0) is 23.4 Å². The van der Waals surface area contributed by atoms with Gasteiger partial charge in [-0.2, -0.15) is 13.2 Å². The van der Waals surface area contributed by atoms with Crippen LogP contribution in [-0.2, 0) is 6.18 Å². The molecule has 0 bridgehead atoms. The standard InChI is InChI=1S/C9H9F4P/c1-5(14)6-2-3-7(8(10)4-6)9(11,12)13/h2-5H,14H2,1H3. The molecule has 0 aromatic heterocycles. The lowest BCUT2D eigenvalue weighted by Gasteiger charge is -2.10. The van der Waals surface area contributed by atoms with Crippen molar-refractivity contribution >= 4 is 9.24 Å². The molecule has 0 aliphatic heterocycles. The van der Waals surface area contributed by atoms with Gasteiger partial charge in [0.2, 0.25) is 0 Å². The molecule has 14 heavy (non-hydrogen) atoms. The van der Waals surface area contributed by atoms with E-state index in [2.05, 4.69) is 9.24 Å². The van der Waals surface area contributed by atoms with Gasteiger partial charge in [0.15, 0.2) is 0 Å². The minimum atomic E-state index is -4.62. The van der Waals surface area contributed by atoms with Crippen LogP contribution in [0.2, 0.25) is 0 Å². The first-order valence-corrected chi connectivity index (χ1v) is 4.61. The highest BCUT2D eigenvalue weighted by atomic mass is 31.0. The van der Waals surface area contributed by atoms with Gasteiger partial charge in [-0.1, -0.05) is 13.0 Å². The third-order valence-corrected chi connectivity index (χ3v) is 2.21. The molecule has 0 spiro atoms. The molecule has 0 aliphatic rings. The van der Waals surface area contributed by atoms with Crippen molar-refractivity contribution in [1.29, 1.82) is 0 Å². The Morgan fingerprint density at radius 2 is 1.86 bits per heavy atom.